The summed E-state index contributed by atoms with van der Waals surface area (Å²) >= 11 is 0. The molecule has 2 heteroatoms. The second-order valence-electron chi connectivity index (χ2n) is 3.60. The van der Waals surface area contributed by atoms with Crippen molar-refractivity contribution in [2.75, 3.05) is 0 Å². The Hall–Kier alpha value is -0.920. The van der Waals surface area contributed by atoms with Gasteiger partial charge >= 0.3 is 0 Å². The van der Waals surface area contributed by atoms with Crippen LogP contribution in [0, 0.1) is 0 Å². The Balaban J connectivity index is 3.05. The zero-order valence-electron chi connectivity index (χ0n) is 8.96. The molecule has 2 nitrogen and oxygen atoms in total. The Morgan fingerprint density at radius 1 is 1.15 bits per heavy atom. The maximum absolute atomic E-state index is 4.24. The van der Waals surface area contributed by atoms with Crippen molar-refractivity contribution in [2.45, 2.75) is 46.5 Å². The molecule has 0 spiro atoms. The fraction of sp³-hybridized carbons (Fsp3) is 0.636. The minimum absolute atomic E-state index is 0.476. The highest BCUT2D eigenvalue weighted by Gasteiger charge is 2.06. The van der Waals surface area contributed by atoms with E-state index in [-0.39, 0.29) is 0 Å². The summed E-state index contributed by atoms with van der Waals surface area (Å²) in [6, 6.07) is 2.19. The first-order valence-electron chi connectivity index (χ1n) is 5.04. The minimum Gasteiger partial charge on any atom is -0.155 e. The Bertz CT molecular complexity index is 279. The number of rotatable bonds is 3. The second kappa shape index (κ2) is 4.35. The lowest BCUT2D eigenvalue weighted by molar-refractivity contribution is 0.756. The van der Waals surface area contributed by atoms with Gasteiger partial charge in [0.15, 0.2) is 0 Å². The van der Waals surface area contributed by atoms with Crippen LogP contribution < -0.4 is 0 Å². The number of nitrogens with zero attached hydrogens (tertiary/aromatic N) is 2. The van der Waals surface area contributed by atoms with Crippen molar-refractivity contribution in [3.8, 4) is 0 Å². The molecule has 0 aliphatic rings. The molecule has 13 heavy (non-hydrogen) atoms. The lowest BCUT2D eigenvalue weighted by Gasteiger charge is -2.08. The minimum atomic E-state index is 0.476. The van der Waals surface area contributed by atoms with Gasteiger partial charge in [0.2, 0.25) is 0 Å². The quantitative estimate of drug-likeness (QED) is 0.711. The lowest BCUT2D eigenvalue weighted by atomic mass is 10.0. The van der Waals surface area contributed by atoms with E-state index < -0.39 is 0 Å². The highest BCUT2D eigenvalue weighted by molar-refractivity contribution is 5.22. The van der Waals surface area contributed by atoms with Crippen molar-refractivity contribution in [3.63, 3.8) is 0 Å². The van der Waals surface area contributed by atoms with E-state index in [9.17, 15) is 0 Å². The van der Waals surface area contributed by atoms with Crippen LogP contribution in [0.3, 0.4) is 0 Å². The first kappa shape index (κ1) is 10.2. The van der Waals surface area contributed by atoms with Gasteiger partial charge in [0.25, 0.3) is 0 Å². The first-order valence-corrected chi connectivity index (χ1v) is 5.04. The zero-order chi connectivity index (χ0) is 9.84. The van der Waals surface area contributed by atoms with Gasteiger partial charge in [0.1, 0.15) is 0 Å². The molecule has 1 aromatic rings. The highest BCUT2D eigenvalue weighted by Crippen LogP contribution is 2.14. The third-order valence-corrected chi connectivity index (χ3v) is 2.29. The van der Waals surface area contributed by atoms with Crippen LogP contribution in [0.15, 0.2) is 6.07 Å². The molecule has 1 aromatic heterocycles. The van der Waals surface area contributed by atoms with Gasteiger partial charge in [0, 0.05) is 0 Å². The predicted molar refractivity (Wildman–Crippen MR) is 54.9 cm³/mol. The highest BCUT2D eigenvalue weighted by atomic mass is 15.1. The van der Waals surface area contributed by atoms with Crippen molar-refractivity contribution >= 4 is 0 Å². The van der Waals surface area contributed by atoms with Gasteiger partial charge in [-0.05, 0) is 30.4 Å². The van der Waals surface area contributed by atoms with Gasteiger partial charge in [0.05, 0.1) is 11.4 Å². The van der Waals surface area contributed by atoms with Crippen molar-refractivity contribution in [2.24, 2.45) is 0 Å². The van der Waals surface area contributed by atoms with Crippen LogP contribution in [0.5, 0.6) is 0 Å². The van der Waals surface area contributed by atoms with Crippen LogP contribution >= 0.6 is 0 Å². The van der Waals surface area contributed by atoms with E-state index in [0.29, 0.717) is 5.92 Å². The Kier molecular flexibility index (Phi) is 3.40. The van der Waals surface area contributed by atoms with E-state index >= 15 is 0 Å². The molecule has 0 bridgehead atoms. The average Bonchev–Trinajstić information content (AvgIpc) is 2.16. The molecule has 0 atom stereocenters. The fourth-order valence-electron chi connectivity index (χ4n) is 1.36. The third kappa shape index (κ3) is 2.27. The van der Waals surface area contributed by atoms with Crippen molar-refractivity contribution in [3.05, 3.63) is 23.0 Å². The molecular formula is C11H18N2. The first-order chi connectivity index (χ1) is 6.19. The lowest BCUT2D eigenvalue weighted by Crippen LogP contribution is -2.03. The summed E-state index contributed by atoms with van der Waals surface area (Å²) in [5.41, 5.74) is 3.60. The average molecular weight is 178 g/mol. The van der Waals surface area contributed by atoms with Crippen LogP contribution in [0.1, 0.15) is 50.6 Å². The van der Waals surface area contributed by atoms with Crippen LogP contribution in [-0.4, -0.2) is 10.2 Å². The Morgan fingerprint density at radius 2 is 1.85 bits per heavy atom. The molecule has 1 heterocycles. The third-order valence-electron chi connectivity index (χ3n) is 2.29. The second-order valence-corrected chi connectivity index (χ2v) is 3.60. The summed E-state index contributed by atoms with van der Waals surface area (Å²) in [7, 11) is 0. The largest absolute Gasteiger partial charge is 0.155 e. The van der Waals surface area contributed by atoms with Gasteiger partial charge in [-0.3, -0.25) is 0 Å². The number of hydrogen-bond acceptors (Lipinski definition) is 2. The molecule has 0 radical (unpaired) electrons. The number of hydrogen-bond donors (Lipinski definition) is 0. The maximum Gasteiger partial charge on any atom is 0.0660 e. The Labute approximate surface area is 80.4 Å². The molecule has 0 unspecified atom stereocenters. The van der Waals surface area contributed by atoms with Crippen LogP contribution in [0.2, 0.25) is 0 Å². The van der Waals surface area contributed by atoms with Crippen molar-refractivity contribution in [1.82, 2.24) is 10.2 Å². The maximum atomic E-state index is 4.24. The molecule has 0 aliphatic heterocycles. The summed E-state index contributed by atoms with van der Waals surface area (Å²) in [5.74, 6) is 0.476. The molecule has 0 saturated heterocycles. The molecule has 0 aliphatic carbocycles. The predicted octanol–water partition coefficient (Wildman–Crippen LogP) is 2.72. The number of aromatic nitrogens is 2. The monoisotopic (exact) mass is 178 g/mol. The van der Waals surface area contributed by atoms with Crippen LogP contribution in [0.25, 0.3) is 0 Å². The van der Waals surface area contributed by atoms with Crippen LogP contribution in [-0.2, 0) is 12.8 Å². The molecule has 0 fully saturated rings. The molecule has 0 amide bonds. The molecule has 72 valence electrons. The molecule has 1 rings (SSSR count). The molecule has 0 aromatic carbocycles. The normalized spacial score (nSPS) is 10.8. The van der Waals surface area contributed by atoms with Gasteiger partial charge < -0.3 is 0 Å². The smallest absolute Gasteiger partial charge is 0.0660 e. The van der Waals surface area contributed by atoms with E-state index in [1.54, 1.807) is 0 Å². The van der Waals surface area contributed by atoms with Gasteiger partial charge in [-0.2, -0.15) is 10.2 Å². The van der Waals surface area contributed by atoms with E-state index in [4.69, 9.17) is 0 Å². The fourth-order valence-corrected chi connectivity index (χ4v) is 1.36. The van der Waals surface area contributed by atoms with E-state index in [1.807, 2.05) is 0 Å². The molecule has 0 saturated carbocycles. The van der Waals surface area contributed by atoms with Gasteiger partial charge in [-0.1, -0.05) is 27.7 Å². The van der Waals surface area contributed by atoms with E-state index in [0.717, 1.165) is 24.2 Å². The summed E-state index contributed by atoms with van der Waals surface area (Å²) in [4.78, 5) is 0. The standard InChI is InChI=1S/C11H18N2/c1-5-9-7-11(8(3)4)13-12-10(9)6-2/h7-8H,5-6H2,1-4H3. The SMILES string of the molecule is CCc1cc(C(C)C)nnc1CC. The van der Waals surface area contributed by atoms with Gasteiger partial charge in [-0.25, -0.2) is 0 Å². The van der Waals surface area contributed by atoms with E-state index in [1.165, 1.54) is 5.56 Å². The summed E-state index contributed by atoms with van der Waals surface area (Å²) in [5, 5.41) is 8.45. The Morgan fingerprint density at radius 3 is 2.31 bits per heavy atom. The van der Waals surface area contributed by atoms with Crippen LogP contribution in [0.4, 0.5) is 0 Å². The zero-order valence-corrected chi connectivity index (χ0v) is 8.96. The van der Waals surface area contributed by atoms with Gasteiger partial charge in [-0.15, -0.1) is 0 Å². The summed E-state index contributed by atoms with van der Waals surface area (Å²) < 4.78 is 0. The summed E-state index contributed by atoms with van der Waals surface area (Å²) in [6.45, 7) is 8.59. The van der Waals surface area contributed by atoms with Crippen molar-refractivity contribution < 1.29 is 0 Å². The number of aryl methyl sites for hydroxylation is 2. The summed E-state index contributed by atoms with van der Waals surface area (Å²) in [6.07, 6.45) is 2.03. The topological polar surface area (TPSA) is 25.8 Å². The van der Waals surface area contributed by atoms with Crippen molar-refractivity contribution in [1.29, 1.82) is 0 Å². The van der Waals surface area contributed by atoms with E-state index in [2.05, 4.69) is 44.0 Å². The molecule has 0 N–H and O–H groups in total. The molecular weight excluding hydrogens is 160 g/mol.